The third-order valence-electron chi connectivity index (χ3n) is 6.15. The van der Waals surface area contributed by atoms with Gasteiger partial charge >= 0.3 is 6.18 Å². The molecule has 0 amide bonds. The molecule has 0 aromatic carbocycles. The summed E-state index contributed by atoms with van der Waals surface area (Å²) in [5.41, 5.74) is 18.4. The highest BCUT2D eigenvalue weighted by molar-refractivity contribution is 5.61. The van der Waals surface area contributed by atoms with Gasteiger partial charge in [-0.25, -0.2) is 9.97 Å². The highest BCUT2D eigenvalue weighted by Crippen LogP contribution is 2.39. The maximum atomic E-state index is 12.8. The molecule has 4 heterocycles. The molecule has 6 N–H and O–H groups in total. The molecule has 196 valence electrons. The zero-order chi connectivity index (χ0) is 26.2. The van der Waals surface area contributed by atoms with Crippen molar-refractivity contribution in [1.29, 1.82) is 0 Å². The highest BCUT2D eigenvalue weighted by Gasteiger charge is 2.33. The van der Waals surface area contributed by atoms with Crippen molar-refractivity contribution in [3.05, 3.63) is 41.1 Å². The fraction of sp³-hybridized carbons (Fsp3) is 0.625. The Morgan fingerprint density at radius 2 is 1.91 bits per heavy atom. The second-order valence-corrected chi connectivity index (χ2v) is 8.24. The zero-order valence-electron chi connectivity index (χ0n) is 20.9. The number of alkyl halides is 3. The fourth-order valence-corrected chi connectivity index (χ4v) is 4.30. The molecule has 2 aliphatic heterocycles. The number of hydrogen-bond donors (Lipinski definition) is 3. The molecule has 0 saturated carbocycles. The lowest BCUT2D eigenvalue weighted by Gasteiger charge is -2.30. The summed E-state index contributed by atoms with van der Waals surface area (Å²) in [6.07, 6.45) is 1.68. The molecule has 0 aliphatic carbocycles. The summed E-state index contributed by atoms with van der Waals surface area (Å²) in [5, 5.41) is 4.50. The zero-order valence-corrected chi connectivity index (χ0v) is 20.9. The van der Waals surface area contributed by atoms with Crippen LogP contribution in [0.25, 0.3) is 0 Å². The normalized spacial score (nSPS) is 19.5. The van der Waals surface area contributed by atoms with Crippen molar-refractivity contribution in [3.8, 4) is 0 Å². The Hall–Kier alpha value is -2.66. The van der Waals surface area contributed by atoms with E-state index in [4.69, 9.17) is 16.2 Å². The Balaban J connectivity index is 0.00000103. The first-order chi connectivity index (χ1) is 16.7. The minimum absolute atomic E-state index is 0.00740. The SMILES string of the molecule is C=C(CCc1nc(C2CCOC(c3cnn4c3CCCC4)C2)nc(N)c1N)C(F)(F)F.CC.CN. The van der Waals surface area contributed by atoms with Gasteiger partial charge in [0, 0.05) is 35.9 Å². The number of fused-ring (bicyclic) bond motifs is 1. The first-order valence-electron chi connectivity index (χ1n) is 12.1. The predicted molar refractivity (Wildman–Crippen MR) is 132 cm³/mol. The van der Waals surface area contributed by atoms with Crippen LogP contribution in [0.2, 0.25) is 0 Å². The lowest BCUT2D eigenvalue weighted by atomic mass is 9.90. The van der Waals surface area contributed by atoms with Gasteiger partial charge in [0.15, 0.2) is 5.82 Å². The smallest absolute Gasteiger partial charge is 0.394 e. The molecule has 35 heavy (non-hydrogen) atoms. The monoisotopic (exact) mass is 497 g/mol. The van der Waals surface area contributed by atoms with E-state index in [9.17, 15) is 13.2 Å². The topological polar surface area (TPSA) is 131 Å². The highest BCUT2D eigenvalue weighted by atomic mass is 19.4. The van der Waals surface area contributed by atoms with Crippen LogP contribution in [-0.2, 0) is 24.1 Å². The van der Waals surface area contributed by atoms with E-state index < -0.39 is 11.7 Å². The number of nitrogens with zero attached hydrogens (tertiary/aromatic N) is 4. The molecule has 2 aromatic heterocycles. The largest absolute Gasteiger partial charge is 0.412 e. The summed E-state index contributed by atoms with van der Waals surface area (Å²) < 4.78 is 46.5. The van der Waals surface area contributed by atoms with Crippen LogP contribution in [0.3, 0.4) is 0 Å². The number of rotatable bonds is 5. The summed E-state index contributed by atoms with van der Waals surface area (Å²) in [5.74, 6) is 0.586. The van der Waals surface area contributed by atoms with E-state index in [-0.39, 0.29) is 36.4 Å². The number of anilines is 2. The summed E-state index contributed by atoms with van der Waals surface area (Å²) in [4.78, 5) is 8.87. The number of nitrogens with two attached hydrogens (primary N) is 3. The van der Waals surface area contributed by atoms with E-state index in [0.717, 1.165) is 31.4 Å². The minimum atomic E-state index is -4.44. The Bertz CT molecular complexity index is 975. The number of aryl methyl sites for hydroxylation is 2. The van der Waals surface area contributed by atoms with Gasteiger partial charge in [-0.3, -0.25) is 4.68 Å². The van der Waals surface area contributed by atoms with Gasteiger partial charge in [-0.15, -0.1) is 0 Å². The lowest BCUT2D eigenvalue weighted by molar-refractivity contribution is -0.0935. The molecule has 2 aromatic rings. The van der Waals surface area contributed by atoms with E-state index >= 15 is 0 Å². The van der Waals surface area contributed by atoms with Gasteiger partial charge in [-0.2, -0.15) is 18.3 Å². The van der Waals surface area contributed by atoms with E-state index in [1.54, 1.807) is 0 Å². The van der Waals surface area contributed by atoms with Crippen LogP contribution in [0, 0.1) is 0 Å². The van der Waals surface area contributed by atoms with Gasteiger partial charge in [-0.1, -0.05) is 20.4 Å². The van der Waals surface area contributed by atoms with Crippen molar-refractivity contribution in [2.45, 2.75) is 83.5 Å². The number of allylic oxidation sites excluding steroid dienone is 1. The number of halogens is 3. The summed E-state index contributed by atoms with van der Waals surface area (Å²) >= 11 is 0. The molecular weight excluding hydrogens is 459 g/mol. The van der Waals surface area contributed by atoms with Crippen molar-refractivity contribution in [1.82, 2.24) is 19.7 Å². The molecule has 0 spiro atoms. The van der Waals surface area contributed by atoms with Gasteiger partial charge in [0.1, 0.15) is 5.82 Å². The third-order valence-corrected chi connectivity index (χ3v) is 6.15. The van der Waals surface area contributed by atoms with Crippen molar-refractivity contribution >= 4 is 11.5 Å². The van der Waals surface area contributed by atoms with Crippen LogP contribution in [0.5, 0.6) is 0 Å². The van der Waals surface area contributed by atoms with Crippen LogP contribution in [0.1, 0.15) is 80.7 Å². The lowest BCUT2D eigenvalue weighted by Crippen LogP contribution is -2.23. The second-order valence-electron chi connectivity index (χ2n) is 8.24. The molecule has 2 unspecified atom stereocenters. The Labute approximate surface area is 205 Å². The predicted octanol–water partition coefficient (Wildman–Crippen LogP) is 4.46. The number of ether oxygens (including phenoxy) is 1. The first kappa shape index (κ1) is 28.6. The standard InChI is InChI=1S/C21H27F3N6O.C2H6.CH5N/c1-12(21(22,23)24)5-6-15-18(25)19(26)29-20(28-15)13-7-9-31-17(10-13)14-11-27-30-8-3-2-4-16(14)30;2*1-2/h11,13,17H,1-10,25H2,(H2,26,28,29);1-2H3;2H2,1H3. The molecule has 8 nitrogen and oxygen atoms in total. The Morgan fingerprint density at radius 1 is 1.20 bits per heavy atom. The summed E-state index contributed by atoms with van der Waals surface area (Å²) in [6, 6.07) is 0. The van der Waals surface area contributed by atoms with Crippen LogP contribution in [0.15, 0.2) is 18.3 Å². The van der Waals surface area contributed by atoms with Gasteiger partial charge in [0.05, 0.1) is 23.7 Å². The molecule has 4 rings (SSSR count). The maximum absolute atomic E-state index is 12.8. The van der Waals surface area contributed by atoms with Crippen molar-refractivity contribution in [3.63, 3.8) is 0 Å². The molecule has 0 bridgehead atoms. The second kappa shape index (κ2) is 12.9. The Morgan fingerprint density at radius 3 is 2.60 bits per heavy atom. The number of hydrogen-bond acceptors (Lipinski definition) is 7. The van der Waals surface area contributed by atoms with Crippen molar-refractivity contribution in [2.75, 3.05) is 25.1 Å². The molecule has 11 heteroatoms. The minimum Gasteiger partial charge on any atom is -0.394 e. The molecule has 2 aliphatic rings. The van der Waals surface area contributed by atoms with E-state index in [1.807, 2.05) is 20.0 Å². The van der Waals surface area contributed by atoms with Crippen LogP contribution < -0.4 is 17.2 Å². The molecule has 1 fully saturated rings. The third kappa shape index (κ3) is 6.94. The Kier molecular flexibility index (Phi) is 10.5. The van der Waals surface area contributed by atoms with E-state index in [0.29, 0.717) is 31.0 Å². The van der Waals surface area contributed by atoms with Crippen molar-refractivity contribution in [2.24, 2.45) is 5.73 Å². The molecule has 0 radical (unpaired) electrons. The quantitative estimate of drug-likeness (QED) is 0.520. The average Bonchev–Trinajstić information content (AvgIpc) is 3.31. The average molecular weight is 498 g/mol. The van der Waals surface area contributed by atoms with Gasteiger partial charge in [0.25, 0.3) is 0 Å². The molecule has 1 saturated heterocycles. The number of nitrogen functional groups attached to an aromatic ring is 2. The summed E-state index contributed by atoms with van der Waals surface area (Å²) in [7, 11) is 1.50. The van der Waals surface area contributed by atoms with Crippen molar-refractivity contribution < 1.29 is 17.9 Å². The summed E-state index contributed by atoms with van der Waals surface area (Å²) in [6.45, 7) is 8.58. The van der Waals surface area contributed by atoms with Gasteiger partial charge < -0.3 is 21.9 Å². The fourth-order valence-electron chi connectivity index (χ4n) is 4.30. The van der Waals surface area contributed by atoms with Crippen LogP contribution in [-0.4, -0.2) is 39.6 Å². The van der Waals surface area contributed by atoms with Crippen LogP contribution >= 0.6 is 0 Å². The van der Waals surface area contributed by atoms with Crippen LogP contribution in [0.4, 0.5) is 24.7 Å². The van der Waals surface area contributed by atoms with Gasteiger partial charge in [-0.05, 0) is 52.0 Å². The maximum Gasteiger partial charge on any atom is 0.412 e. The van der Waals surface area contributed by atoms with E-state index in [2.05, 4.69) is 32.1 Å². The molecule has 2 atom stereocenters. The first-order valence-corrected chi connectivity index (χ1v) is 12.1. The number of aromatic nitrogens is 4. The van der Waals surface area contributed by atoms with Gasteiger partial charge in [0.2, 0.25) is 0 Å². The molecular formula is C24H38F3N7O. The van der Waals surface area contributed by atoms with E-state index in [1.165, 1.54) is 12.7 Å².